The number of carbonyl (C=O) groups excluding carboxylic acids is 1. The Morgan fingerprint density at radius 1 is 1.00 bits per heavy atom. The van der Waals surface area contributed by atoms with E-state index in [-0.39, 0.29) is 35.4 Å². The molecule has 0 saturated heterocycles. The molecule has 1 aliphatic rings. The number of rotatable bonds is 8. The Morgan fingerprint density at radius 2 is 1.80 bits per heavy atom. The minimum Gasteiger partial charge on any atom is -0.490 e. The van der Waals surface area contributed by atoms with Crippen molar-refractivity contribution in [2.75, 3.05) is 6.61 Å². The molecule has 0 fully saturated rings. The van der Waals surface area contributed by atoms with Crippen LogP contribution < -0.4 is 24.7 Å². The van der Waals surface area contributed by atoms with E-state index >= 15 is 0 Å². The number of carbonyl (C=O) groups is 1. The van der Waals surface area contributed by atoms with Crippen molar-refractivity contribution >= 4 is 16.9 Å². The van der Waals surface area contributed by atoms with E-state index in [1.807, 2.05) is 39.8 Å². The number of halogens is 1. The minimum atomic E-state index is -0.647. The molecule has 1 aromatic heterocycles. The van der Waals surface area contributed by atoms with Gasteiger partial charge in [-0.2, -0.15) is 5.26 Å². The summed E-state index contributed by atoms with van der Waals surface area (Å²) in [6.45, 7) is 7.97. The molecule has 0 saturated carbocycles. The molecule has 9 heteroatoms. The number of aryl methyl sites for hydroxylation is 3. The second-order valence-electron chi connectivity index (χ2n) is 11.0. The largest absolute Gasteiger partial charge is 0.490 e. The zero-order valence-electron chi connectivity index (χ0n) is 25.8. The van der Waals surface area contributed by atoms with E-state index in [2.05, 4.69) is 6.07 Å². The second kappa shape index (κ2) is 12.3. The summed E-state index contributed by atoms with van der Waals surface area (Å²) >= 11 is 0. The van der Waals surface area contributed by atoms with Gasteiger partial charge in [-0.1, -0.05) is 36.4 Å². The lowest BCUT2D eigenvalue weighted by molar-refractivity contribution is 0.0702. The summed E-state index contributed by atoms with van der Waals surface area (Å²) in [7, 11) is 0. The number of hydrogen-bond donors (Lipinski definition) is 1. The molecule has 8 nitrogen and oxygen atoms in total. The SMILES string of the molecule is CCOc1cc(C2C(C#N)=C(N)Oc3cc(OC(=O)c4oc5cc(C)cc(C)c5c4C)ccc32)ccc1OCc1ccccc1F. The molecule has 0 radical (unpaired) electrons. The Bertz CT molecular complexity index is 2070. The van der Waals surface area contributed by atoms with Gasteiger partial charge in [0.05, 0.1) is 12.5 Å². The first-order valence-electron chi connectivity index (χ1n) is 14.8. The first kappa shape index (κ1) is 30.3. The number of allylic oxidation sites excluding steroid dienone is 1. The van der Waals surface area contributed by atoms with Gasteiger partial charge in [-0.15, -0.1) is 0 Å². The molecule has 1 atom stereocenters. The Labute approximate surface area is 265 Å². The van der Waals surface area contributed by atoms with Crippen molar-refractivity contribution in [3.05, 3.63) is 129 Å². The summed E-state index contributed by atoms with van der Waals surface area (Å²) in [6.07, 6.45) is 0. The summed E-state index contributed by atoms with van der Waals surface area (Å²) in [6, 6.07) is 22.7. The third-order valence-corrected chi connectivity index (χ3v) is 7.90. The highest BCUT2D eigenvalue weighted by atomic mass is 19.1. The van der Waals surface area contributed by atoms with Crippen molar-refractivity contribution < 1.29 is 32.5 Å². The fourth-order valence-electron chi connectivity index (χ4n) is 5.84. The number of benzene rings is 4. The van der Waals surface area contributed by atoms with Gasteiger partial charge < -0.3 is 29.1 Å². The van der Waals surface area contributed by atoms with Crippen LogP contribution in [0.2, 0.25) is 0 Å². The number of esters is 1. The van der Waals surface area contributed by atoms with Crippen LogP contribution >= 0.6 is 0 Å². The van der Waals surface area contributed by atoms with Crippen LogP contribution in [0.4, 0.5) is 4.39 Å². The second-order valence-corrected chi connectivity index (χ2v) is 11.0. The number of ether oxygens (including phenoxy) is 4. The molecule has 5 aromatic rings. The number of nitrogens with zero attached hydrogens (tertiary/aromatic N) is 1. The van der Waals surface area contributed by atoms with Crippen molar-refractivity contribution in [1.82, 2.24) is 0 Å². The van der Waals surface area contributed by atoms with Crippen LogP contribution in [-0.2, 0) is 6.61 Å². The number of nitriles is 1. The van der Waals surface area contributed by atoms with E-state index in [1.54, 1.807) is 54.6 Å². The average molecular weight is 619 g/mol. The highest BCUT2D eigenvalue weighted by molar-refractivity contribution is 5.98. The van der Waals surface area contributed by atoms with E-state index in [9.17, 15) is 14.4 Å². The van der Waals surface area contributed by atoms with Crippen molar-refractivity contribution in [1.29, 1.82) is 5.26 Å². The molecule has 0 bridgehead atoms. The van der Waals surface area contributed by atoms with Crippen molar-refractivity contribution in [3.8, 4) is 29.1 Å². The summed E-state index contributed by atoms with van der Waals surface area (Å²) in [5.41, 5.74) is 11.5. The maximum Gasteiger partial charge on any atom is 0.379 e. The lowest BCUT2D eigenvalue weighted by Crippen LogP contribution is -2.21. The fraction of sp³-hybridized carbons (Fsp3) is 0.189. The standard InChI is InChI=1S/C37H31FN2O6/c1-5-42-31-16-23(10-13-29(31)43-19-24-8-6-7-9-28(24)38)34-26-12-11-25(17-30(26)46-36(40)27(34)18-39)44-37(41)35-22(4)33-21(3)14-20(2)15-32(33)45-35/h6-17,34H,5,19,40H2,1-4H3. The smallest absolute Gasteiger partial charge is 0.379 e. The van der Waals surface area contributed by atoms with E-state index in [0.29, 0.717) is 51.7 Å². The molecule has 1 unspecified atom stereocenters. The molecular weight excluding hydrogens is 587 g/mol. The maximum atomic E-state index is 14.2. The molecule has 0 amide bonds. The molecule has 232 valence electrons. The first-order chi connectivity index (χ1) is 22.2. The van der Waals surface area contributed by atoms with E-state index in [0.717, 1.165) is 16.5 Å². The summed E-state index contributed by atoms with van der Waals surface area (Å²) in [5, 5.41) is 10.9. The summed E-state index contributed by atoms with van der Waals surface area (Å²) < 4.78 is 43.4. The molecular formula is C37H31FN2O6. The first-order valence-corrected chi connectivity index (χ1v) is 14.8. The number of furan rings is 1. The number of fused-ring (bicyclic) bond motifs is 2. The Kier molecular flexibility index (Phi) is 8.12. The van der Waals surface area contributed by atoms with Crippen LogP contribution in [0.3, 0.4) is 0 Å². The minimum absolute atomic E-state index is 0.0107. The Morgan fingerprint density at radius 3 is 2.57 bits per heavy atom. The fourth-order valence-corrected chi connectivity index (χ4v) is 5.84. The zero-order valence-corrected chi connectivity index (χ0v) is 25.8. The Balaban J connectivity index is 1.30. The lowest BCUT2D eigenvalue weighted by Gasteiger charge is -2.27. The third-order valence-electron chi connectivity index (χ3n) is 7.90. The molecule has 1 aliphatic heterocycles. The van der Waals surface area contributed by atoms with E-state index in [1.165, 1.54) is 6.07 Å². The molecule has 0 aliphatic carbocycles. The topological polar surface area (TPSA) is 117 Å². The Hall–Kier alpha value is -5.75. The molecule has 46 heavy (non-hydrogen) atoms. The van der Waals surface area contributed by atoms with Crippen molar-refractivity contribution in [3.63, 3.8) is 0 Å². The highest BCUT2D eigenvalue weighted by Crippen LogP contribution is 2.45. The van der Waals surface area contributed by atoms with Gasteiger partial charge in [0, 0.05) is 28.1 Å². The molecule has 2 heterocycles. The zero-order chi connectivity index (χ0) is 32.5. The van der Waals surface area contributed by atoms with Crippen LogP contribution in [0.15, 0.2) is 88.7 Å². The summed E-state index contributed by atoms with van der Waals surface area (Å²) in [5.74, 6) is -0.172. The normalized spacial score (nSPS) is 14.0. The van der Waals surface area contributed by atoms with Crippen LogP contribution in [-0.4, -0.2) is 12.6 Å². The van der Waals surface area contributed by atoms with Gasteiger partial charge in [-0.05, 0) is 74.7 Å². The maximum absolute atomic E-state index is 14.2. The van der Waals surface area contributed by atoms with Crippen molar-refractivity contribution in [2.24, 2.45) is 5.73 Å². The number of nitrogens with two attached hydrogens (primary N) is 1. The third kappa shape index (κ3) is 5.61. The van der Waals surface area contributed by atoms with Gasteiger partial charge in [0.1, 0.15) is 41.1 Å². The molecule has 4 aromatic carbocycles. The molecule has 6 rings (SSSR count). The molecule has 2 N–H and O–H groups in total. The van der Waals surface area contributed by atoms with Gasteiger partial charge >= 0.3 is 5.97 Å². The van der Waals surface area contributed by atoms with Gasteiger partial charge in [-0.3, -0.25) is 0 Å². The monoisotopic (exact) mass is 618 g/mol. The van der Waals surface area contributed by atoms with Gasteiger partial charge in [-0.25, -0.2) is 9.18 Å². The lowest BCUT2D eigenvalue weighted by atomic mass is 9.83. The van der Waals surface area contributed by atoms with Gasteiger partial charge in [0.2, 0.25) is 11.6 Å². The van der Waals surface area contributed by atoms with Crippen LogP contribution in [0.1, 0.15) is 56.8 Å². The molecule has 0 spiro atoms. The predicted octanol–water partition coefficient (Wildman–Crippen LogP) is 7.91. The summed E-state index contributed by atoms with van der Waals surface area (Å²) in [4.78, 5) is 13.2. The van der Waals surface area contributed by atoms with Crippen LogP contribution in [0.5, 0.6) is 23.0 Å². The van der Waals surface area contributed by atoms with Crippen molar-refractivity contribution in [2.45, 2.75) is 40.2 Å². The number of hydrogen-bond acceptors (Lipinski definition) is 8. The quantitative estimate of drug-likeness (QED) is 0.138. The van der Waals surface area contributed by atoms with E-state index < -0.39 is 11.9 Å². The average Bonchev–Trinajstić information content (AvgIpc) is 3.36. The van der Waals surface area contributed by atoms with E-state index in [4.69, 9.17) is 29.1 Å². The van der Waals surface area contributed by atoms with Gasteiger partial charge in [0.15, 0.2) is 11.5 Å². The van der Waals surface area contributed by atoms with Crippen LogP contribution in [0, 0.1) is 37.9 Å². The highest BCUT2D eigenvalue weighted by Gasteiger charge is 2.32. The predicted molar refractivity (Wildman–Crippen MR) is 169 cm³/mol. The van der Waals surface area contributed by atoms with Crippen LogP contribution in [0.25, 0.3) is 11.0 Å². The van der Waals surface area contributed by atoms with Gasteiger partial charge in [0.25, 0.3) is 0 Å².